The summed E-state index contributed by atoms with van der Waals surface area (Å²) in [5.74, 6) is 0.546. The topological polar surface area (TPSA) is 77.8 Å². The van der Waals surface area contributed by atoms with Crippen LogP contribution in [0.2, 0.25) is 5.02 Å². The maximum absolute atomic E-state index is 5.96. The smallest absolute Gasteiger partial charge is 0.222 e. The number of aryl methyl sites for hydroxylation is 1. The van der Waals surface area contributed by atoms with E-state index in [0.29, 0.717) is 10.8 Å². The predicted octanol–water partition coefficient (Wildman–Crippen LogP) is 1.76. The number of aromatic nitrogens is 2. The Balaban J connectivity index is 2.95. The minimum Gasteiger partial charge on any atom is -0.383 e. The lowest BCUT2D eigenvalue weighted by Gasteiger charge is -2.06. The van der Waals surface area contributed by atoms with Crippen molar-refractivity contribution in [2.75, 3.05) is 11.5 Å². The molecule has 4 nitrogen and oxygen atoms in total. The summed E-state index contributed by atoms with van der Waals surface area (Å²) >= 11 is 5.96. The standard InChI is InChI=1S/C9H9ClN4/c1-4-5(10)2-3-6-7(4)8(11)14-9(12)13-6/h2-3H,1H3,(H4,11,12,13,14). The zero-order valence-corrected chi connectivity index (χ0v) is 8.34. The fourth-order valence-corrected chi connectivity index (χ4v) is 1.57. The largest absolute Gasteiger partial charge is 0.383 e. The highest BCUT2D eigenvalue weighted by atomic mass is 35.5. The molecule has 0 saturated carbocycles. The molecule has 2 aromatic rings. The van der Waals surface area contributed by atoms with Crippen LogP contribution in [0.25, 0.3) is 10.9 Å². The van der Waals surface area contributed by atoms with Gasteiger partial charge in [0.2, 0.25) is 5.95 Å². The number of nitrogens with zero attached hydrogens (tertiary/aromatic N) is 2. The summed E-state index contributed by atoms with van der Waals surface area (Å²) in [6.07, 6.45) is 0. The number of rotatable bonds is 0. The molecule has 4 N–H and O–H groups in total. The third-order valence-electron chi connectivity index (χ3n) is 2.10. The van der Waals surface area contributed by atoms with Crippen molar-refractivity contribution >= 4 is 34.3 Å². The first-order valence-electron chi connectivity index (χ1n) is 4.07. The van der Waals surface area contributed by atoms with Crippen molar-refractivity contribution in [3.63, 3.8) is 0 Å². The molecule has 0 unspecified atom stereocenters. The Labute approximate surface area is 85.9 Å². The maximum atomic E-state index is 5.96. The van der Waals surface area contributed by atoms with Gasteiger partial charge >= 0.3 is 0 Å². The van der Waals surface area contributed by atoms with Crippen LogP contribution in [0.1, 0.15) is 5.56 Å². The molecule has 72 valence electrons. The highest BCUT2D eigenvalue weighted by molar-refractivity contribution is 6.32. The van der Waals surface area contributed by atoms with Crippen LogP contribution in [-0.2, 0) is 0 Å². The first-order chi connectivity index (χ1) is 6.59. The van der Waals surface area contributed by atoms with Gasteiger partial charge in [0.1, 0.15) is 5.82 Å². The molecule has 0 aliphatic rings. The summed E-state index contributed by atoms with van der Waals surface area (Å²) in [6, 6.07) is 3.55. The summed E-state index contributed by atoms with van der Waals surface area (Å²) in [7, 11) is 0. The SMILES string of the molecule is Cc1c(Cl)ccc2nc(N)nc(N)c12. The first kappa shape index (κ1) is 9.02. The fourth-order valence-electron chi connectivity index (χ4n) is 1.42. The summed E-state index contributed by atoms with van der Waals surface area (Å²) in [5, 5.41) is 1.42. The van der Waals surface area contributed by atoms with Crippen LogP contribution in [0.5, 0.6) is 0 Å². The lowest BCUT2D eigenvalue weighted by atomic mass is 10.1. The number of fused-ring (bicyclic) bond motifs is 1. The second-order valence-corrected chi connectivity index (χ2v) is 3.44. The number of benzene rings is 1. The molecule has 0 fully saturated rings. The van der Waals surface area contributed by atoms with E-state index in [0.717, 1.165) is 16.5 Å². The molecule has 0 aliphatic carbocycles. The summed E-state index contributed by atoms with van der Waals surface area (Å²) in [5.41, 5.74) is 12.8. The average molecular weight is 209 g/mol. The lowest BCUT2D eigenvalue weighted by Crippen LogP contribution is -2.01. The van der Waals surface area contributed by atoms with Gasteiger partial charge in [-0.3, -0.25) is 0 Å². The fraction of sp³-hybridized carbons (Fsp3) is 0.111. The van der Waals surface area contributed by atoms with E-state index in [1.54, 1.807) is 12.1 Å². The van der Waals surface area contributed by atoms with E-state index in [1.165, 1.54) is 0 Å². The van der Waals surface area contributed by atoms with E-state index in [9.17, 15) is 0 Å². The average Bonchev–Trinajstić information content (AvgIpc) is 2.10. The van der Waals surface area contributed by atoms with Crippen LogP contribution in [0.15, 0.2) is 12.1 Å². The first-order valence-corrected chi connectivity index (χ1v) is 4.45. The van der Waals surface area contributed by atoms with E-state index >= 15 is 0 Å². The van der Waals surface area contributed by atoms with Crippen LogP contribution < -0.4 is 11.5 Å². The molecule has 0 spiro atoms. The zero-order chi connectivity index (χ0) is 10.3. The van der Waals surface area contributed by atoms with Crippen molar-refractivity contribution in [2.45, 2.75) is 6.92 Å². The molecule has 0 aliphatic heterocycles. The Morgan fingerprint density at radius 3 is 2.64 bits per heavy atom. The normalized spacial score (nSPS) is 10.7. The minimum atomic E-state index is 0.178. The molecule has 0 amide bonds. The summed E-state index contributed by atoms with van der Waals surface area (Å²) in [4.78, 5) is 7.96. The van der Waals surface area contributed by atoms with Crippen molar-refractivity contribution in [2.24, 2.45) is 0 Å². The molecular formula is C9H9ClN4. The van der Waals surface area contributed by atoms with Gasteiger partial charge in [-0.1, -0.05) is 11.6 Å². The van der Waals surface area contributed by atoms with Crippen LogP contribution >= 0.6 is 11.6 Å². The number of hydrogen-bond donors (Lipinski definition) is 2. The number of nitrogens with two attached hydrogens (primary N) is 2. The highest BCUT2D eigenvalue weighted by Crippen LogP contribution is 2.27. The summed E-state index contributed by atoms with van der Waals surface area (Å²) < 4.78 is 0. The monoisotopic (exact) mass is 208 g/mol. The maximum Gasteiger partial charge on any atom is 0.222 e. The third-order valence-corrected chi connectivity index (χ3v) is 2.51. The molecule has 0 bridgehead atoms. The van der Waals surface area contributed by atoms with E-state index in [1.807, 2.05) is 6.92 Å². The van der Waals surface area contributed by atoms with Gasteiger partial charge in [0, 0.05) is 10.4 Å². The van der Waals surface area contributed by atoms with Gasteiger partial charge in [0.15, 0.2) is 0 Å². The Kier molecular flexibility index (Phi) is 1.93. The van der Waals surface area contributed by atoms with Crippen molar-refractivity contribution in [1.82, 2.24) is 9.97 Å². The van der Waals surface area contributed by atoms with Crippen molar-refractivity contribution < 1.29 is 0 Å². The van der Waals surface area contributed by atoms with Gasteiger partial charge in [-0.05, 0) is 24.6 Å². The molecule has 1 aromatic carbocycles. The predicted molar refractivity (Wildman–Crippen MR) is 58.1 cm³/mol. The highest BCUT2D eigenvalue weighted by Gasteiger charge is 2.08. The zero-order valence-electron chi connectivity index (χ0n) is 7.58. The molecule has 2 rings (SSSR count). The molecule has 5 heteroatoms. The van der Waals surface area contributed by atoms with E-state index in [4.69, 9.17) is 23.1 Å². The number of hydrogen-bond acceptors (Lipinski definition) is 4. The minimum absolute atomic E-state index is 0.178. The van der Waals surface area contributed by atoms with Gasteiger partial charge in [-0.15, -0.1) is 0 Å². The van der Waals surface area contributed by atoms with Crippen LogP contribution in [0.4, 0.5) is 11.8 Å². The molecule has 1 aromatic heterocycles. The molecule has 0 saturated heterocycles. The third kappa shape index (κ3) is 1.24. The van der Waals surface area contributed by atoms with Crippen LogP contribution in [0.3, 0.4) is 0 Å². The van der Waals surface area contributed by atoms with Gasteiger partial charge in [-0.2, -0.15) is 4.98 Å². The van der Waals surface area contributed by atoms with Gasteiger partial charge in [-0.25, -0.2) is 4.98 Å². The Morgan fingerprint density at radius 1 is 1.21 bits per heavy atom. The van der Waals surface area contributed by atoms with Crippen molar-refractivity contribution in [1.29, 1.82) is 0 Å². The second kappa shape index (κ2) is 2.99. The van der Waals surface area contributed by atoms with Crippen LogP contribution in [0, 0.1) is 6.92 Å². The second-order valence-electron chi connectivity index (χ2n) is 3.03. The lowest BCUT2D eigenvalue weighted by molar-refractivity contribution is 1.24. The van der Waals surface area contributed by atoms with E-state index < -0.39 is 0 Å². The van der Waals surface area contributed by atoms with Crippen molar-refractivity contribution in [3.05, 3.63) is 22.7 Å². The summed E-state index contributed by atoms with van der Waals surface area (Å²) in [6.45, 7) is 1.88. The molecule has 0 radical (unpaired) electrons. The number of halogens is 1. The quantitative estimate of drug-likeness (QED) is 0.692. The van der Waals surface area contributed by atoms with Crippen molar-refractivity contribution in [3.8, 4) is 0 Å². The Morgan fingerprint density at radius 2 is 1.93 bits per heavy atom. The van der Waals surface area contributed by atoms with Gasteiger partial charge in [0.05, 0.1) is 5.52 Å². The van der Waals surface area contributed by atoms with E-state index in [2.05, 4.69) is 9.97 Å². The molecule has 14 heavy (non-hydrogen) atoms. The van der Waals surface area contributed by atoms with E-state index in [-0.39, 0.29) is 5.95 Å². The Bertz CT molecular complexity index is 510. The van der Waals surface area contributed by atoms with Gasteiger partial charge in [0.25, 0.3) is 0 Å². The number of nitrogen functional groups attached to an aromatic ring is 2. The number of anilines is 2. The molecular weight excluding hydrogens is 200 g/mol. The van der Waals surface area contributed by atoms with Crippen LogP contribution in [-0.4, -0.2) is 9.97 Å². The van der Waals surface area contributed by atoms with Gasteiger partial charge < -0.3 is 11.5 Å². The molecule has 1 heterocycles. The Hall–Kier alpha value is -1.55. The molecule has 0 atom stereocenters.